The second kappa shape index (κ2) is 6.64. The third-order valence-corrected chi connectivity index (χ3v) is 2.17. The van der Waals surface area contributed by atoms with Crippen LogP contribution in [0.5, 0.6) is 0 Å². The van der Waals surface area contributed by atoms with Gasteiger partial charge in [-0.1, -0.05) is 60.4 Å². The van der Waals surface area contributed by atoms with Crippen molar-refractivity contribution in [3.8, 4) is 0 Å². The zero-order valence-corrected chi connectivity index (χ0v) is 10.0. The fourth-order valence-corrected chi connectivity index (χ4v) is 1.28. The summed E-state index contributed by atoms with van der Waals surface area (Å²) in [4.78, 5) is 9.98. The summed E-state index contributed by atoms with van der Waals surface area (Å²) in [5.74, 6) is 0. The fraction of sp³-hybridized carbons (Fsp3) is 0.143. The third-order valence-electron chi connectivity index (χ3n) is 1.53. The van der Waals surface area contributed by atoms with Gasteiger partial charge in [-0.3, -0.25) is 9.05 Å². The summed E-state index contributed by atoms with van der Waals surface area (Å²) in [5.41, 5.74) is -2.34. The molecule has 0 bridgehead atoms. The van der Waals surface area contributed by atoms with Crippen LogP contribution in [0.25, 0.3) is 0 Å². The van der Waals surface area contributed by atoms with Gasteiger partial charge in [0, 0.05) is 0 Å². The average molecular weight is 292 g/mol. The standard InChI is InChI=1S/C14H15O4P/c15-19(16,17-11-13-7-3-1-4-8-13)18-12-14-9-5-2-6-10-14/h1-10H,11-12H2,(H,15,16)/i1D,2D,3D,4D,5D,6D,7D,8D,9D,10D,11D2,12D2. The molecule has 4 nitrogen and oxygen atoms in total. The predicted molar refractivity (Wildman–Crippen MR) is 72.3 cm³/mol. The molecular weight excluding hydrogens is 263 g/mol. The molecule has 0 atom stereocenters. The molecule has 0 aromatic heterocycles. The fourth-order valence-electron chi connectivity index (χ4n) is 0.827. The van der Waals surface area contributed by atoms with Crippen LogP contribution < -0.4 is 0 Å². The SMILES string of the molecule is [2H]c1c([2H])c([2H])c(C([2H])([2H])OP(=O)(O)OC([2H])([2H])c2c([2H])c([2H])c([2H])c([2H])c2[2H])c([2H])c1[2H]. The molecule has 100 valence electrons. The molecule has 0 aliphatic carbocycles. The van der Waals surface area contributed by atoms with Crippen LogP contribution in [0, 0.1) is 0 Å². The van der Waals surface area contributed by atoms with Gasteiger partial charge in [-0.25, -0.2) is 4.57 Å². The summed E-state index contributed by atoms with van der Waals surface area (Å²) in [5, 5.41) is 0. The minimum absolute atomic E-state index is 0.870. The van der Waals surface area contributed by atoms with Crippen molar-refractivity contribution in [2.75, 3.05) is 0 Å². The number of benzene rings is 2. The van der Waals surface area contributed by atoms with E-state index in [-0.39, 0.29) is 0 Å². The first-order valence-corrected chi connectivity index (χ1v) is 6.15. The van der Waals surface area contributed by atoms with E-state index in [0.29, 0.717) is 0 Å². The second-order valence-corrected chi connectivity index (χ2v) is 4.16. The van der Waals surface area contributed by atoms with Crippen molar-refractivity contribution in [2.45, 2.75) is 13.1 Å². The first kappa shape index (κ1) is 4.54. The van der Waals surface area contributed by atoms with Crippen LogP contribution in [0.15, 0.2) is 60.4 Å². The van der Waals surface area contributed by atoms with E-state index < -0.39 is 92.5 Å². The lowest BCUT2D eigenvalue weighted by molar-refractivity contribution is 0.137. The van der Waals surface area contributed by atoms with Crippen LogP contribution >= 0.6 is 7.82 Å². The van der Waals surface area contributed by atoms with Crippen molar-refractivity contribution in [3.05, 3.63) is 71.6 Å². The molecule has 0 radical (unpaired) electrons. The Hall–Kier alpha value is -1.45. The van der Waals surface area contributed by atoms with Gasteiger partial charge in [0.1, 0.15) is 0 Å². The van der Waals surface area contributed by atoms with Crippen molar-refractivity contribution in [1.82, 2.24) is 0 Å². The minimum atomic E-state index is -5.85. The quantitative estimate of drug-likeness (QED) is 0.828. The Labute approximate surface area is 131 Å². The van der Waals surface area contributed by atoms with Crippen molar-refractivity contribution < 1.29 is 37.7 Å². The molecule has 1 N–H and O–H groups in total. The minimum Gasteiger partial charge on any atom is -0.302 e. The molecule has 19 heavy (non-hydrogen) atoms. The molecule has 5 heteroatoms. The molecule has 0 saturated carbocycles. The van der Waals surface area contributed by atoms with Gasteiger partial charge < -0.3 is 4.89 Å². The molecule has 2 aromatic rings. The Morgan fingerprint density at radius 3 is 1.68 bits per heavy atom. The predicted octanol–water partition coefficient (Wildman–Crippen LogP) is 3.52. The highest BCUT2D eigenvalue weighted by molar-refractivity contribution is 7.47. The molecule has 2 aromatic carbocycles. The van der Waals surface area contributed by atoms with Gasteiger partial charge in [0.25, 0.3) is 0 Å². The van der Waals surface area contributed by atoms with E-state index in [9.17, 15) is 9.46 Å². The van der Waals surface area contributed by atoms with E-state index in [0.717, 1.165) is 0 Å². The molecule has 0 aliphatic rings. The Balaban J connectivity index is 2.53. The lowest BCUT2D eigenvalue weighted by Crippen LogP contribution is -1.96. The Morgan fingerprint density at radius 1 is 0.947 bits per heavy atom. The van der Waals surface area contributed by atoms with E-state index in [1.54, 1.807) is 0 Å². The molecule has 0 fully saturated rings. The van der Waals surface area contributed by atoms with Gasteiger partial charge in [-0.2, -0.15) is 0 Å². The van der Waals surface area contributed by atoms with Gasteiger partial charge in [0.2, 0.25) is 0 Å². The molecule has 2 rings (SSSR count). The number of rotatable bonds is 6. The summed E-state index contributed by atoms with van der Waals surface area (Å²) in [7, 11) is -5.85. The van der Waals surface area contributed by atoms with Gasteiger partial charge in [-0.05, 0) is 11.1 Å². The molecule has 0 unspecified atom stereocenters. The molecule has 0 aliphatic heterocycles. The first-order chi connectivity index (χ1) is 14.8. The van der Waals surface area contributed by atoms with Crippen LogP contribution in [0.1, 0.15) is 30.3 Å². The third kappa shape index (κ3) is 4.97. The second-order valence-electron chi connectivity index (χ2n) is 2.86. The maximum Gasteiger partial charge on any atom is 0.472 e. The summed E-state index contributed by atoms with van der Waals surface area (Å²) in [6.45, 7) is -7.15. The van der Waals surface area contributed by atoms with Crippen molar-refractivity contribution >= 4 is 7.82 Å². The van der Waals surface area contributed by atoms with Crippen LogP contribution in [0.4, 0.5) is 0 Å². The van der Waals surface area contributed by atoms with Crippen LogP contribution in [-0.4, -0.2) is 4.89 Å². The zero-order valence-electron chi connectivity index (χ0n) is 23.1. The molecule has 0 amide bonds. The monoisotopic (exact) mass is 292 g/mol. The molecular formula is C14H15O4P. The highest BCUT2D eigenvalue weighted by Gasteiger charge is 2.20. The van der Waals surface area contributed by atoms with Crippen LogP contribution in [-0.2, 0) is 26.7 Å². The maximum absolute atomic E-state index is 12.4. The lowest BCUT2D eigenvalue weighted by Gasteiger charge is -2.12. The van der Waals surface area contributed by atoms with Crippen LogP contribution in [0.2, 0.25) is 0 Å². The topological polar surface area (TPSA) is 55.8 Å². The summed E-state index contributed by atoms with van der Waals surface area (Å²) < 4.78 is 129. The highest BCUT2D eigenvalue weighted by Crippen LogP contribution is 2.44. The van der Waals surface area contributed by atoms with E-state index in [1.165, 1.54) is 0 Å². The van der Waals surface area contributed by atoms with Crippen molar-refractivity contribution in [1.29, 1.82) is 0 Å². The number of hydrogen-bond donors (Lipinski definition) is 1. The van der Waals surface area contributed by atoms with Crippen molar-refractivity contribution in [3.63, 3.8) is 0 Å². The van der Waals surface area contributed by atoms with Crippen molar-refractivity contribution in [2.24, 2.45) is 0 Å². The first-order valence-electron chi connectivity index (χ1n) is 11.7. The van der Waals surface area contributed by atoms with Gasteiger partial charge >= 0.3 is 7.82 Å². The van der Waals surface area contributed by atoms with Gasteiger partial charge in [-0.15, -0.1) is 0 Å². The Kier molecular flexibility index (Phi) is 1.59. The molecule has 0 spiro atoms. The number of phosphoric ester groups is 1. The Morgan fingerprint density at radius 2 is 1.32 bits per heavy atom. The smallest absolute Gasteiger partial charge is 0.302 e. The average Bonchev–Trinajstić information content (AvgIpc) is 2.65. The van der Waals surface area contributed by atoms with Gasteiger partial charge in [0.15, 0.2) is 0 Å². The Bertz CT molecular complexity index is 1040. The van der Waals surface area contributed by atoms with E-state index in [1.807, 2.05) is 0 Å². The lowest BCUT2D eigenvalue weighted by atomic mass is 10.2. The summed E-state index contributed by atoms with van der Waals surface area (Å²) >= 11 is 0. The normalized spacial score (nSPS) is 23.4. The highest BCUT2D eigenvalue weighted by atomic mass is 31.2. The largest absolute Gasteiger partial charge is 0.472 e. The number of hydrogen-bond acceptors (Lipinski definition) is 3. The van der Waals surface area contributed by atoms with Gasteiger partial charge in [0.05, 0.1) is 32.3 Å². The summed E-state index contributed by atoms with van der Waals surface area (Å²) in [6, 6.07) is -10.0. The van der Waals surface area contributed by atoms with Crippen LogP contribution in [0.3, 0.4) is 0 Å². The summed E-state index contributed by atoms with van der Waals surface area (Å²) in [6.07, 6.45) is 0. The molecule has 0 saturated heterocycles. The number of phosphoric acid groups is 1. The van der Waals surface area contributed by atoms with E-state index in [4.69, 9.17) is 19.2 Å². The molecule has 0 heterocycles. The van der Waals surface area contributed by atoms with E-state index >= 15 is 0 Å². The zero-order chi connectivity index (χ0) is 25.8. The van der Waals surface area contributed by atoms with E-state index in [2.05, 4.69) is 9.05 Å². The maximum atomic E-state index is 12.4.